The molecule has 0 bridgehead atoms. The number of pyridine rings is 1. The summed E-state index contributed by atoms with van der Waals surface area (Å²) in [5, 5.41) is 3.68. The third-order valence-corrected chi connectivity index (χ3v) is 3.29. The van der Waals surface area contributed by atoms with Crippen LogP contribution in [0.2, 0.25) is 0 Å². The second-order valence-electron chi connectivity index (χ2n) is 4.86. The molecule has 18 heavy (non-hydrogen) atoms. The fourth-order valence-electron chi connectivity index (χ4n) is 2.44. The fourth-order valence-corrected chi connectivity index (χ4v) is 2.44. The van der Waals surface area contributed by atoms with Gasteiger partial charge >= 0.3 is 0 Å². The Labute approximate surface area is 107 Å². The van der Waals surface area contributed by atoms with Gasteiger partial charge in [-0.3, -0.25) is 4.98 Å². The van der Waals surface area contributed by atoms with Crippen LogP contribution >= 0.6 is 0 Å². The molecule has 2 heteroatoms. The van der Waals surface area contributed by atoms with Crippen LogP contribution < -0.4 is 4.90 Å². The Morgan fingerprint density at radius 3 is 2.50 bits per heavy atom. The van der Waals surface area contributed by atoms with Crippen molar-refractivity contribution in [1.29, 1.82) is 0 Å². The van der Waals surface area contributed by atoms with Gasteiger partial charge in [0.2, 0.25) is 0 Å². The van der Waals surface area contributed by atoms with E-state index in [1.54, 1.807) is 0 Å². The van der Waals surface area contributed by atoms with Crippen molar-refractivity contribution in [2.24, 2.45) is 0 Å². The summed E-state index contributed by atoms with van der Waals surface area (Å²) in [7, 11) is 4.15. The highest BCUT2D eigenvalue weighted by molar-refractivity contribution is 6.09. The van der Waals surface area contributed by atoms with Gasteiger partial charge in [0, 0.05) is 36.2 Å². The summed E-state index contributed by atoms with van der Waals surface area (Å²) < 4.78 is 0. The van der Waals surface area contributed by atoms with Crippen molar-refractivity contribution < 1.29 is 0 Å². The summed E-state index contributed by atoms with van der Waals surface area (Å²) in [6.45, 7) is 2.05. The van der Waals surface area contributed by atoms with Crippen LogP contribution in [0.5, 0.6) is 0 Å². The first-order valence-corrected chi connectivity index (χ1v) is 6.13. The molecule has 0 N–H and O–H groups in total. The van der Waals surface area contributed by atoms with Gasteiger partial charge < -0.3 is 4.90 Å². The van der Waals surface area contributed by atoms with Crippen LogP contribution in [0.1, 0.15) is 5.69 Å². The predicted molar refractivity (Wildman–Crippen MR) is 78.3 cm³/mol. The molecule has 0 saturated carbocycles. The van der Waals surface area contributed by atoms with Crippen molar-refractivity contribution >= 4 is 27.4 Å². The molecule has 2 aromatic carbocycles. The number of rotatable bonds is 1. The van der Waals surface area contributed by atoms with Gasteiger partial charge in [0.1, 0.15) is 0 Å². The standard InChI is InChI=1S/C16H16N2/c1-11-10-15(18(2)3)14-9-8-12-6-4-5-7-13(12)16(14)17-11/h4-10H,1-3H3. The molecule has 3 aromatic rings. The molecule has 1 heterocycles. The van der Waals surface area contributed by atoms with E-state index in [0.29, 0.717) is 0 Å². The fraction of sp³-hybridized carbons (Fsp3) is 0.188. The lowest BCUT2D eigenvalue weighted by Gasteiger charge is -2.16. The van der Waals surface area contributed by atoms with E-state index >= 15 is 0 Å². The number of hydrogen-bond acceptors (Lipinski definition) is 2. The lowest BCUT2D eigenvalue weighted by atomic mass is 10.0. The number of anilines is 1. The predicted octanol–water partition coefficient (Wildman–Crippen LogP) is 3.76. The van der Waals surface area contributed by atoms with E-state index < -0.39 is 0 Å². The first kappa shape index (κ1) is 11.0. The molecular formula is C16H16N2. The van der Waals surface area contributed by atoms with Gasteiger partial charge in [-0.15, -0.1) is 0 Å². The van der Waals surface area contributed by atoms with Crippen LogP contribution in [0.4, 0.5) is 5.69 Å². The molecule has 0 atom stereocenters. The van der Waals surface area contributed by atoms with Crippen molar-refractivity contribution in [3.8, 4) is 0 Å². The molecule has 0 saturated heterocycles. The molecule has 0 amide bonds. The molecule has 0 aliphatic carbocycles. The van der Waals surface area contributed by atoms with Gasteiger partial charge in [0.05, 0.1) is 5.52 Å². The average Bonchev–Trinajstić information content (AvgIpc) is 2.37. The van der Waals surface area contributed by atoms with Gasteiger partial charge in [-0.2, -0.15) is 0 Å². The normalized spacial score (nSPS) is 11.1. The number of aromatic nitrogens is 1. The van der Waals surface area contributed by atoms with Gasteiger partial charge in [0.25, 0.3) is 0 Å². The largest absolute Gasteiger partial charge is 0.377 e. The lowest BCUT2D eigenvalue weighted by Crippen LogP contribution is -2.10. The maximum atomic E-state index is 4.72. The van der Waals surface area contributed by atoms with Crippen molar-refractivity contribution in [3.05, 3.63) is 48.2 Å². The molecule has 0 fully saturated rings. The number of aryl methyl sites for hydroxylation is 1. The molecule has 90 valence electrons. The lowest BCUT2D eigenvalue weighted by molar-refractivity contribution is 1.12. The quantitative estimate of drug-likeness (QED) is 0.598. The Morgan fingerprint density at radius 2 is 1.72 bits per heavy atom. The van der Waals surface area contributed by atoms with E-state index in [1.165, 1.54) is 21.8 Å². The molecule has 2 nitrogen and oxygen atoms in total. The average molecular weight is 236 g/mol. The number of nitrogens with zero attached hydrogens (tertiary/aromatic N) is 2. The molecule has 0 aliphatic rings. The number of hydrogen-bond donors (Lipinski definition) is 0. The van der Waals surface area contributed by atoms with Crippen LogP contribution in [-0.4, -0.2) is 19.1 Å². The number of fused-ring (bicyclic) bond motifs is 3. The summed E-state index contributed by atoms with van der Waals surface area (Å²) in [5.74, 6) is 0. The molecular weight excluding hydrogens is 220 g/mol. The molecule has 0 spiro atoms. The van der Waals surface area contributed by atoms with Crippen LogP contribution in [0, 0.1) is 6.92 Å². The Hall–Kier alpha value is -2.09. The minimum absolute atomic E-state index is 1.06. The highest BCUT2D eigenvalue weighted by atomic mass is 15.1. The first-order valence-electron chi connectivity index (χ1n) is 6.13. The van der Waals surface area contributed by atoms with Crippen LogP contribution in [0.3, 0.4) is 0 Å². The van der Waals surface area contributed by atoms with Crippen LogP contribution in [0.15, 0.2) is 42.5 Å². The molecule has 0 radical (unpaired) electrons. The maximum Gasteiger partial charge on any atom is 0.0804 e. The zero-order valence-electron chi connectivity index (χ0n) is 10.9. The Balaban J connectivity index is 2.51. The van der Waals surface area contributed by atoms with E-state index in [2.05, 4.69) is 61.5 Å². The second kappa shape index (κ2) is 3.98. The van der Waals surface area contributed by atoms with E-state index in [1.807, 2.05) is 6.92 Å². The topological polar surface area (TPSA) is 16.1 Å². The smallest absolute Gasteiger partial charge is 0.0804 e. The Kier molecular flexibility index (Phi) is 2.44. The molecule has 3 rings (SSSR count). The van der Waals surface area contributed by atoms with Crippen molar-refractivity contribution in [2.45, 2.75) is 6.92 Å². The Morgan fingerprint density at radius 1 is 0.944 bits per heavy atom. The van der Waals surface area contributed by atoms with Crippen molar-refractivity contribution in [2.75, 3.05) is 19.0 Å². The SMILES string of the molecule is Cc1cc(N(C)C)c2ccc3ccccc3c2n1. The number of benzene rings is 2. The van der Waals surface area contributed by atoms with Crippen LogP contribution in [-0.2, 0) is 0 Å². The van der Waals surface area contributed by atoms with E-state index in [4.69, 9.17) is 4.98 Å². The first-order chi connectivity index (χ1) is 8.66. The maximum absolute atomic E-state index is 4.72. The van der Waals surface area contributed by atoms with E-state index in [9.17, 15) is 0 Å². The summed E-state index contributed by atoms with van der Waals surface area (Å²) in [4.78, 5) is 6.86. The Bertz CT molecular complexity index is 730. The third kappa shape index (κ3) is 1.61. The van der Waals surface area contributed by atoms with E-state index in [-0.39, 0.29) is 0 Å². The van der Waals surface area contributed by atoms with Gasteiger partial charge in [-0.25, -0.2) is 0 Å². The summed E-state index contributed by atoms with van der Waals surface area (Å²) in [6, 6.07) is 14.9. The summed E-state index contributed by atoms with van der Waals surface area (Å²) in [6.07, 6.45) is 0. The van der Waals surface area contributed by atoms with Crippen LogP contribution in [0.25, 0.3) is 21.7 Å². The van der Waals surface area contributed by atoms with Gasteiger partial charge in [-0.1, -0.05) is 36.4 Å². The molecule has 0 unspecified atom stereocenters. The van der Waals surface area contributed by atoms with Gasteiger partial charge in [-0.05, 0) is 18.4 Å². The van der Waals surface area contributed by atoms with Crippen molar-refractivity contribution in [3.63, 3.8) is 0 Å². The molecule has 1 aromatic heterocycles. The highest BCUT2D eigenvalue weighted by Crippen LogP contribution is 2.30. The molecule has 0 aliphatic heterocycles. The third-order valence-electron chi connectivity index (χ3n) is 3.29. The van der Waals surface area contributed by atoms with Gasteiger partial charge in [0.15, 0.2) is 0 Å². The second-order valence-corrected chi connectivity index (χ2v) is 4.86. The summed E-state index contributed by atoms with van der Waals surface area (Å²) >= 11 is 0. The monoisotopic (exact) mass is 236 g/mol. The van der Waals surface area contributed by atoms with E-state index in [0.717, 1.165) is 11.2 Å². The summed E-state index contributed by atoms with van der Waals surface area (Å²) in [5.41, 5.74) is 3.38. The zero-order chi connectivity index (χ0) is 12.7. The minimum atomic E-state index is 1.06. The minimum Gasteiger partial charge on any atom is -0.377 e. The van der Waals surface area contributed by atoms with Crippen molar-refractivity contribution in [1.82, 2.24) is 4.98 Å². The zero-order valence-corrected chi connectivity index (χ0v) is 10.9. The highest BCUT2D eigenvalue weighted by Gasteiger charge is 2.08.